The van der Waals surface area contributed by atoms with Crippen molar-refractivity contribution in [3.05, 3.63) is 29.3 Å². The number of benzene rings is 1. The highest BCUT2D eigenvalue weighted by molar-refractivity contribution is 5.55. The second kappa shape index (κ2) is 6.03. The molecule has 1 aromatic rings. The standard InChI is InChI=1S/C14H22N2O/c1-12-4-5-13(3-2-6-15)14(11-12)16-7-9-17-10-8-16/h4-5,11H,2-3,6-10,15H2,1H3. The van der Waals surface area contributed by atoms with Crippen molar-refractivity contribution in [3.8, 4) is 0 Å². The molecule has 0 atom stereocenters. The molecular formula is C14H22N2O. The van der Waals surface area contributed by atoms with Gasteiger partial charge in [0.25, 0.3) is 0 Å². The SMILES string of the molecule is Cc1ccc(CCCN)c(N2CCOCC2)c1. The summed E-state index contributed by atoms with van der Waals surface area (Å²) >= 11 is 0. The number of ether oxygens (including phenoxy) is 1. The topological polar surface area (TPSA) is 38.5 Å². The third-order valence-electron chi connectivity index (χ3n) is 3.24. The number of aryl methyl sites for hydroxylation is 2. The van der Waals surface area contributed by atoms with Gasteiger partial charge in [0.05, 0.1) is 13.2 Å². The van der Waals surface area contributed by atoms with E-state index in [0.717, 1.165) is 45.7 Å². The molecule has 0 amide bonds. The van der Waals surface area contributed by atoms with Gasteiger partial charge in [-0.3, -0.25) is 0 Å². The predicted molar refractivity (Wildman–Crippen MR) is 71.6 cm³/mol. The molecule has 0 aliphatic carbocycles. The van der Waals surface area contributed by atoms with Crippen molar-refractivity contribution in [1.29, 1.82) is 0 Å². The molecule has 0 bridgehead atoms. The average molecular weight is 234 g/mol. The summed E-state index contributed by atoms with van der Waals surface area (Å²) in [5.41, 5.74) is 9.72. The van der Waals surface area contributed by atoms with E-state index in [2.05, 4.69) is 30.0 Å². The van der Waals surface area contributed by atoms with E-state index in [9.17, 15) is 0 Å². The van der Waals surface area contributed by atoms with E-state index >= 15 is 0 Å². The van der Waals surface area contributed by atoms with Crippen molar-refractivity contribution >= 4 is 5.69 Å². The van der Waals surface area contributed by atoms with Crippen LogP contribution < -0.4 is 10.6 Å². The first-order valence-corrected chi connectivity index (χ1v) is 6.43. The van der Waals surface area contributed by atoms with Crippen LogP contribution in [-0.2, 0) is 11.2 Å². The zero-order valence-electron chi connectivity index (χ0n) is 10.6. The summed E-state index contributed by atoms with van der Waals surface area (Å²) in [6.07, 6.45) is 2.13. The van der Waals surface area contributed by atoms with E-state index in [0.29, 0.717) is 0 Å². The van der Waals surface area contributed by atoms with E-state index in [1.807, 2.05) is 0 Å². The van der Waals surface area contributed by atoms with Crippen LogP contribution in [-0.4, -0.2) is 32.8 Å². The first-order chi connectivity index (χ1) is 8.31. The van der Waals surface area contributed by atoms with Crippen molar-refractivity contribution in [1.82, 2.24) is 0 Å². The Morgan fingerprint density at radius 2 is 2.06 bits per heavy atom. The first kappa shape index (κ1) is 12.4. The van der Waals surface area contributed by atoms with E-state index in [4.69, 9.17) is 10.5 Å². The molecule has 1 aliphatic heterocycles. The van der Waals surface area contributed by atoms with Gasteiger partial charge < -0.3 is 15.4 Å². The maximum absolute atomic E-state index is 5.60. The van der Waals surface area contributed by atoms with Crippen molar-refractivity contribution in [2.45, 2.75) is 19.8 Å². The molecule has 0 saturated carbocycles. The molecule has 1 fully saturated rings. The lowest BCUT2D eigenvalue weighted by Crippen LogP contribution is -2.36. The maximum Gasteiger partial charge on any atom is 0.0642 e. The lowest BCUT2D eigenvalue weighted by molar-refractivity contribution is 0.122. The Bertz CT molecular complexity index is 359. The molecule has 0 spiro atoms. The van der Waals surface area contributed by atoms with Gasteiger partial charge in [0.1, 0.15) is 0 Å². The fourth-order valence-electron chi connectivity index (χ4n) is 2.28. The maximum atomic E-state index is 5.60. The van der Waals surface area contributed by atoms with Crippen LogP contribution in [0.15, 0.2) is 18.2 Å². The average Bonchev–Trinajstić information content (AvgIpc) is 2.38. The smallest absolute Gasteiger partial charge is 0.0642 e. The summed E-state index contributed by atoms with van der Waals surface area (Å²) in [5, 5.41) is 0. The number of rotatable bonds is 4. The minimum Gasteiger partial charge on any atom is -0.378 e. The minimum absolute atomic E-state index is 0.760. The predicted octanol–water partition coefficient (Wildman–Crippen LogP) is 1.72. The number of nitrogens with two attached hydrogens (primary N) is 1. The number of anilines is 1. The highest BCUT2D eigenvalue weighted by atomic mass is 16.5. The molecule has 0 unspecified atom stereocenters. The van der Waals surface area contributed by atoms with Gasteiger partial charge in [-0.05, 0) is 43.5 Å². The molecule has 3 nitrogen and oxygen atoms in total. The van der Waals surface area contributed by atoms with Crippen LogP contribution in [0.1, 0.15) is 17.5 Å². The lowest BCUT2D eigenvalue weighted by Gasteiger charge is -2.31. The van der Waals surface area contributed by atoms with Gasteiger partial charge in [0, 0.05) is 18.8 Å². The second-order valence-corrected chi connectivity index (χ2v) is 4.62. The van der Waals surface area contributed by atoms with E-state index in [1.165, 1.54) is 16.8 Å². The minimum atomic E-state index is 0.760. The van der Waals surface area contributed by atoms with Gasteiger partial charge >= 0.3 is 0 Å². The van der Waals surface area contributed by atoms with Crippen LogP contribution in [0.4, 0.5) is 5.69 Å². The van der Waals surface area contributed by atoms with E-state index < -0.39 is 0 Å². The van der Waals surface area contributed by atoms with Crippen LogP contribution in [0.25, 0.3) is 0 Å². The fourth-order valence-corrected chi connectivity index (χ4v) is 2.28. The molecule has 3 heteroatoms. The van der Waals surface area contributed by atoms with Gasteiger partial charge in [-0.1, -0.05) is 12.1 Å². The summed E-state index contributed by atoms with van der Waals surface area (Å²) in [6.45, 7) is 6.58. The Morgan fingerprint density at radius 3 is 2.76 bits per heavy atom. The molecule has 1 aliphatic rings. The first-order valence-electron chi connectivity index (χ1n) is 6.43. The van der Waals surface area contributed by atoms with Gasteiger partial charge in [0.15, 0.2) is 0 Å². The van der Waals surface area contributed by atoms with Gasteiger partial charge in [-0.15, -0.1) is 0 Å². The monoisotopic (exact) mass is 234 g/mol. The summed E-state index contributed by atoms with van der Waals surface area (Å²) in [7, 11) is 0. The summed E-state index contributed by atoms with van der Waals surface area (Å²) < 4.78 is 5.41. The van der Waals surface area contributed by atoms with Crippen molar-refractivity contribution in [2.24, 2.45) is 5.73 Å². The molecule has 1 saturated heterocycles. The van der Waals surface area contributed by atoms with Crippen LogP contribution in [0, 0.1) is 6.92 Å². The van der Waals surface area contributed by atoms with E-state index in [-0.39, 0.29) is 0 Å². The van der Waals surface area contributed by atoms with Crippen LogP contribution in [0.3, 0.4) is 0 Å². The molecule has 17 heavy (non-hydrogen) atoms. The van der Waals surface area contributed by atoms with Crippen molar-refractivity contribution < 1.29 is 4.74 Å². The molecule has 1 heterocycles. The molecule has 0 aromatic heterocycles. The molecule has 94 valence electrons. The number of morpholine rings is 1. The van der Waals surface area contributed by atoms with E-state index in [1.54, 1.807) is 0 Å². The Labute approximate surface area is 104 Å². The molecule has 2 rings (SSSR count). The molecule has 2 N–H and O–H groups in total. The molecular weight excluding hydrogens is 212 g/mol. The Kier molecular flexibility index (Phi) is 4.40. The summed E-state index contributed by atoms with van der Waals surface area (Å²) in [6, 6.07) is 6.72. The number of hydrogen-bond donors (Lipinski definition) is 1. The van der Waals surface area contributed by atoms with Gasteiger partial charge in [0.2, 0.25) is 0 Å². The van der Waals surface area contributed by atoms with Crippen molar-refractivity contribution in [3.63, 3.8) is 0 Å². The van der Waals surface area contributed by atoms with Crippen molar-refractivity contribution in [2.75, 3.05) is 37.7 Å². The lowest BCUT2D eigenvalue weighted by atomic mass is 10.0. The second-order valence-electron chi connectivity index (χ2n) is 4.62. The molecule has 1 aromatic carbocycles. The zero-order valence-corrected chi connectivity index (χ0v) is 10.6. The normalized spacial score (nSPS) is 16.2. The fraction of sp³-hybridized carbons (Fsp3) is 0.571. The Hall–Kier alpha value is -1.06. The highest BCUT2D eigenvalue weighted by Gasteiger charge is 2.14. The zero-order chi connectivity index (χ0) is 12.1. The summed E-state index contributed by atoms with van der Waals surface area (Å²) in [4.78, 5) is 2.43. The quantitative estimate of drug-likeness (QED) is 0.862. The number of hydrogen-bond acceptors (Lipinski definition) is 3. The number of nitrogens with zero attached hydrogens (tertiary/aromatic N) is 1. The Morgan fingerprint density at radius 1 is 1.29 bits per heavy atom. The largest absolute Gasteiger partial charge is 0.378 e. The molecule has 0 radical (unpaired) electrons. The van der Waals surface area contributed by atoms with Crippen LogP contribution in [0.5, 0.6) is 0 Å². The summed E-state index contributed by atoms with van der Waals surface area (Å²) in [5.74, 6) is 0. The third kappa shape index (κ3) is 3.20. The third-order valence-corrected chi connectivity index (χ3v) is 3.24. The Balaban J connectivity index is 2.19. The highest BCUT2D eigenvalue weighted by Crippen LogP contribution is 2.24. The van der Waals surface area contributed by atoms with Gasteiger partial charge in [-0.25, -0.2) is 0 Å². The van der Waals surface area contributed by atoms with Gasteiger partial charge in [-0.2, -0.15) is 0 Å². The van der Waals surface area contributed by atoms with Crippen LogP contribution in [0.2, 0.25) is 0 Å². The van der Waals surface area contributed by atoms with Crippen LogP contribution >= 0.6 is 0 Å².